The summed E-state index contributed by atoms with van der Waals surface area (Å²) < 4.78 is 0. The van der Waals surface area contributed by atoms with Crippen LogP contribution in [-0.4, -0.2) is 52.7 Å². The second kappa shape index (κ2) is 7.41. The smallest absolute Gasteiger partial charge is 0.261 e. The van der Waals surface area contributed by atoms with Crippen LogP contribution < -0.4 is 10.5 Å². The Labute approximate surface area is 174 Å². The minimum absolute atomic E-state index is 0.0138. The molecule has 4 rings (SSSR count). The molecule has 154 valence electrons. The number of rotatable bonds is 2. The fraction of sp³-hybridized carbons (Fsp3) is 0.409. The van der Waals surface area contributed by atoms with Crippen LogP contribution in [-0.2, 0) is 6.42 Å². The fourth-order valence-electron chi connectivity index (χ4n) is 4.16. The number of Topliss-reactive ketones (excluding diaryl/α,β-unsaturated/α-hetero) is 1. The van der Waals surface area contributed by atoms with Crippen molar-refractivity contribution in [3.63, 3.8) is 0 Å². The van der Waals surface area contributed by atoms with Crippen molar-refractivity contribution in [3.8, 4) is 6.07 Å². The Morgan fingerprint density at radius 2 is 1.90 bits per heavy atom. The predicted octanol–water partition coefficient (Wildman–Crippen LogP) is 1.76. The highest BCUT2D eigenvalue weighted by atomic mass is 16.2. The molecule has 8 heteroatoms. The number of ketones is 1. The summed E-state index contributed by atoms with van der Waals surface area (Å²) in [6.07, 6.45) is 2.59. The number of fused-ring (bicyclic) bond motifs is 1. The number of carbonyl (C=O) groups is 2. The van der Waals surface area contributed by atoms with Crippen LogP contribution in [0.15, 0.2) is 29.2 Å². The standard InChI is InChI=1S/C22H23N5O3/c1-22(2)11-17-15(18(28)12-22)10-16(20(29)25-17)21(30)27-7-5-26(6-8-27)19-9-14(13-23)3-4-24-19/h3-4,9-10H,5-8,11-12H2,1-2H3,(H,25,29). The zero-order chi connectivity index (χ0) is 21.5. The number of nitriles is 1. The largest absolute Gasteiger partial charge is 0.353 e. The van der Waals surface area contributed by atoms with Crippen molar-refractivity contribution in [2.75, 3.05) is 31.1 Å². The lowest BCUT2D eigenvalue weighted by molar-refractivity contribution is 0.0744. The van der Waals surface area contributed by atoms with Gasteiger partial charge in [-0.2, -0.15) is 5.26 Å². The first-order valence-corrected chi connectivity index (χ1v) is 9.97. The lowest BCUT2D eigenvalue weighted by Crippen LogP contribution is -2.50. The molecule has 0 aromatic carbocycles. The summed E-state index contributed by atoms with van der Waals surface area (Å²) in [7, 11) is 0. The molecule has 0 saturated carbocycles. The Hall–Kier alpha value is -3.47. The van der Waals surface area contributed by atoms with E-state index in [1.54, 1.807) is 23.2 Å². The van der Waals surface area contributed by atoms with Gasteiger partial charge < -0.3 is 14.8 Å². The van der Waals surface area contributed by atoms with Gasteiger partial charge in [0, 0.05) is 50.1 Å². The summed E-state index contributed by atoms with van der Waals surface area (Å²) >= 11 is 0. The van der Waals surface area contributed by atoms with Gasteiger partial charge in [0.15, 0.2) is 5.78 Å². The monoisotopic (exact) mass is 405 g/mol. The van der Waals surface area contributed by atoms with E-state index in [4.69, 9.17) is 5.26 Å². The SMILES string of the molecule is CC1(C)CC(=O)c2cc(C(=O)N3CCN(c4cc(C#N)ccn4)CC3)c(=O)[nH]c2C1. The number of hydrogen-bond acceptors (Lipinski definition) is 6. The van der Waals surface area contributed by atoms with Gasteiger partial charge in [-0.3, -0.25) is 14.4 Å². The van der Waals surface area contributed by atoms with Gasteiger partial charge in [-0.1, -0.05) is 13.8 Å². The predicted molar refractivity (Wildman–Crippen MR) is 111 cm³/mol. The highest BCUT2D eigenvalue weighted by molar-refractivity contribution is 6.02. The number of piperazine rings is 1. The summed E-state index contributed by atoms with van der Waals surface area (Å²) in [5, 5.41) is 9.05. The van der Waals surface area contributed by atoms with Crippen molar-refractivity contribution >= 4 is 17.5 Å². The lowest BCUT2D eigenvalue weighted by Gasteiger charge is -2.35. The number of H-pyrrole nitrogens is 1. The van der Waals surface area contributed by atoms with Gasteiger partial charge in [-0.05, 0) is 30.0 Å². The first kappa shape index (κ1) is 19.8. The topological polar surface area (TPSA) is 110 Å². The minimum atomic E-state index is -0.449. The van der Waals surface area contributed by atoms with E-state index in [1.807, 2.05) is 18.7 Å². The number of amides is 1. The number of carbonyl (C=O) groups excluding carboxylic acids is 2. The van der Waals surface area contributed by atoms with Gasteiger partial charge >= 0.3 is 0 Å². The second-order valence-electron chi connectivity index (χ2n) is 8.64. The van der Waals surface area contributed by atoms with Crippen LogP contribution >= 0.6 is 0 Å². The first-order valence-electron chi connectivity index (χ1n) is 9.97. The van der Waals surface area contributed by atoms with Gasteiger partial charge in [-0.25, -0.2) is 4.98 Å². The van der Waals surface area contributed by atoms with E-state index in [2.05, 4.69) is 16.0 Å². The molecule has 2 aromatic rings. The van der Waals surface area contributed by atoms with E-state index >= 15 is 0 Å². The molecular weight excluding hydrogens is 382 g/mol. The van der Waals surface area contributed by atoms with E-state index < -0.39 is 5.56 Å². The van der Waals surface area contributed by atoms with Crippen molar-refractivity contribution in [3.05, 3.63) is 57.1 Å². The Bertz CT molecular complexity index is 1120. The number of nitrogens with one attached hydrogen (secondary N) is 1. The molecule has 1 amide bonds. The number of nitrogens with zero attached hydrogens (tertiary/aromatic N) is 4. The molecule has 2 aromatic heterocycles. The molecule has 1 aliphatic carbocycles. The van der Waals surface area contributed by atoms with E-state index in [9.17, 15) is 14.4 Å². The van der Waals surface area contributed by atoms with E-state index in [0.717, 1.165) is 0 Å². The summed E-state index contributed by atoms with van der Waals surface area (Å²) in [6, 6.07) is 6.94. The highest BCUT2D eigenvalue weighted by Crippen LogP contribution is 2.33. The van der Waals surface area contributed by atoms with Crippen molar-refractivity contribution in [2.45, 2.75) is 26.7 Å². The van der Waals surface area contributed by atoms with Crippen molar-refractivity contribution in [2.24, 2.45) is 5.41 Å². The van der Waals surface area contributed by atoms with Gasteiger partial charge in [0.2, 0.25) is 0 Å². The third kappa shape index (κ3) is 3.71. The van der Waals surface area contributed by atoms with Crippen LogP contribution in [0, 0.1) is 16.7 Å². The maximum atomic E-state index is 13.0. The second-order valence-corrected chi connectivity index (χ2v) is 8.64. The molecular formula is C22H23N5O3. The molecule has 1 saturated heterocycles. The van der Waals surface area contributed by atoms with Crippen LogP contribution in [0.25, 0.3) is 0 Å². The number of aromatic nitrogens is 2. The molecule has 0 unspecified atom stereocenters. The molecule has 0 radical (unpaired) electrons. The Balaban J connectivity index is 1.51. The van der Waals surface area contributed by atoms with Crippen LogP contribution in [0.1, 0.15) is 52.2 Å². The van der Waals surface area contributed by atoms with Crippen molar-refractivity contribution in [1.29, 1.82) is 5.26 Å². The van der Waals surface area contributed by atoms with Gasteiger partial charge in [0.05, 0.1) is 11.6 Å². The van der Waals surface area contributed by atoms with Crippen LogP contribution in [0.4, 0.5) is 5.82 Å². The normalized spacial score (nSPS) is 18.0. The molecule has 0 atom stereocenters. The maximum absolute atomic E-state index is 13.0. The summed E-state index contributed by atoms with van der Waals surface area (Å²) in [6.45, 7) is 5.93. The van der Waals surface area contributed by atoms with Crippen LogP contribution in [0.2, 0.25) is 0 Å². The summed E-state index contributed by atoms with van der Waals surface area (Å²) in [4.78, 5) is 48.8. The summed E-state index contributed by atoms with van der Waals surface area (Å²) in [5.41, 5.74) is 0.965. The zero-order valence-corrected chi connectivity index (χ0v) is 17.1. The average molecular weight is 405 g/mol. The molecule has 2 aliphatic rings. The van der Waals surface area contributed by atoms with Crippen molar-refractivity contribution in [1.82, 2.24) is 14.9 Å². The number of hydrogen-bond donors (Lipinski definition) is 1. The molecule has 3 heterocycles. The Morgan fingerprint density at radius 3 is 2.60 bits per heavy atom. The highest BCUT2D eigenvalue weighted by Gasteiger charge is 2.33. The maximum Gasteiger partial charge on any atom is 0.261 e. The summed E-state index contributed by atoms with van der Waals surface area (Å²) in [5.74, 6) is 0.288. The van der Waals surface area contributed by atoms with Gasteiger partial charge in [0.25, 0.3) is 11.5 Å². The molecule has 1 aliphatic heterocycles. The number of aromatic amines is 1. The van der Waals surface area contributed by atoms with Gasteiger partial charge in [0.1, 0.15) is 11.4 Å². The number of pyridine rings is 2. The molecule has 8 nitrogen and oxygen atoms in total. The molecule has 30 heavy (non-hydrogen) atoms. The van der Waals surface area contributed by atoms with Gasteiger partial charge in [-0.15, -0.1) is 0 Å². The Morgan fingerprint density at radius 1 is 1.17 bits per heavy atom. The third-order valence-corrected chi connectivity index (χ3v) is 5.71. The molecule has 1 fully saturated rings. The van der Waals surface area contributed by atoms with Crippen LogP contribution in [0.5, 0.6) is 0 Å². The van der Waals surface area contributed by atoms with E-state index in [-0.39, 0.29) is 22.7 Å². The fourth-order valence-corrected chi connectivity index (χ4v) is 4.16. The average Bonchev–Trinajstić information content (AvgIpc) is 2.72. The molecule has 1 N–H and O–H groups in total. The quantitative estimate of drug-likeness (QED) is 0.815. The lowest BCUT2D eigenvalue weighted by atomic mass is 9.75. The first-order chi connectivity index (χ1) is 14.3. The zero-order valence-electron chi connectivity index (χ0n) is 17.1. The minimum Gasteiger partial charge on any atom is -0.353 e. The molecule has 0 bridgehead atoms. The molecule has 0 spiro atoms. The number of anilines is 1. The van der Waals surface area contributed by atoms with Crippen molar-refractivity contribution < 1.29 is 9.59 Å². The van der Waals surface area contributed by atoms with E-state index in [0.29, 0.717) is 61.7 Å². The third-order valence-electron chi connectivity index (χ3n) is 5.71. The van der Waals surface area contributed by atoms with E-state index in [1.165, 1.54) is 6.07 Å². The van der Waals surface area contributed by atoms with Crippen LogP contribution in [0.3, 0.4) is 0 Å². The Kier molecular flexibility index (Phi) is 4.90.